The minimum atomic E-state index is 0.678. The highest BCUT2D eigenvalue weighted by molar-refractivity contribution is 6.25. The molecular formula is C52H34N4. The highest BCUT2D eigenvalue weighted by Crippen LogP contribution is 2.42. The number of para-hydroxylation sites is 2. The molecule has 0 saturated carbocycles. The fourth-order valence-corrected chi connectivity index (χ4v) is 8.33. The van der Waals surface area contributed by atoms with Crippen molar-refractivity contribution in [2.75, 3.05) is 0 Å². The molecule has 4 heteroatoms. The van der Waals surface area contributed by atoms with Crippen molar-refractivity contribution in [3.8, 4) is 56.4 Å². The van der Waals surface area contributed by atoms with Crippen LogP contribution in [0.15, 0.2) is 206 Å². The van der Waals surface area contributed by atoms with E-state index in [0.717, 1.165) is 56.1 Å². The molecule has 0 aliphatic carbocycles. The van der Waals surface area contributed by atoms with Gasteiger partial charge in [0.1, 0.15) is 0 Å². The molecule has 0 saturated heterocycles. The van der Waals surface area contributed by atoms with Gasteiger partial charge >= 0.3 is 0 Å². The molecule has 0 N–H and O–H groups in total. The molecule has 11 aromatic rings. The Bertz CT molecular complexity index is 3160. The first-order valence-electron chi connectivity index (χ1n) is 19.0. The van der Waals surface area contributed by atoms with Crippen molar-refractivity contribution >= 4 is 43.5 Å². The van der Waals surface area contributed by atoms with Crippen LogP contribution in [-0.2, 0) is 0 Å². The predicted molar refractivity (Wildman–Crippen MR) is 232 cm³/mol. The predicted octanol–water partition coefficient (Wildman–Crippen LogP) is 13.3. The zero-order chi connectivity index (χ0) is 37.0. The maximum absolute atomic E-state index is 5.28. The van der Waals surface area contributed by atoms with Crippen LogP contribution < -0.4 is 0 Å². The normalized spacial score (nSPS) is 11.6. The molecular weight excluding hydrogens is 681 g/mol. The number of benzene rings is 8. The van der Waals surface area contributed by atoms with Crippen LogP contribution >= 0.6 is 0 Å². The van der Waals surface area contributed by atoms with Gasteiger partial charge in [0.15, 0.2) is 5.82 Å². The minimum Gasteiger partial charge on any atom is -0.317 e. The third kappa shape index (κ3) is 5.31. The van der Waals surface area contributed by atoms with E-state index in [1.165, 1.54) is 38.0 Å². The van der Waals surface area contributed by atoms with Crippen LogP contribution in [0.2, 0.25) is 0 Å². The summed E-state index contributed by atoms with van der Waals surface area (Å²) in [4.78, 5) is 10.6. The first-order valence-corrected chi connectivity index (χ1v) is 19.0. The summed E-state index contributed by atoms with van der Waals surface area (Å²) in [6, 6.07) is 71.0. The van der Waals surface area contributed by atoms with Crippen LogP contribution in [0.5, 0.6) is 0 Å². The van der Waals surface area contributed by atoms with Gasteiger partial charge in [0.25, 0.3) is 0 Å². The summed E-state index contributed by atoms with van der Waals surface area (Å²) in [5, 5.41) is 6.07. The smallest absolute Gasteiger partial charge is 0.160 e. The Morgan fingerprint density at radius 2 is 0.946 bits per heavy atom. The Morgan fingerprint density at radius 1 is 0.357 bits per heavy atom. The SMILES string of the molecule is c1ccc(-c2cc(-c3nc(-c4ccccc4)cc(-c4ccccc4)n3)cc(-n3c4ccccc4c4ccc5ccc6c(ccn6-c6ccccc6)c5c43)c2)cc1. The largest absolute Gasteiger partial charge is 0.317 e. The van der Waals surface area contributed by atoms with E-state index in [9.17, 15) is 0 Å². The lowest BCUT2D eigenvalue weighted by Gasteiger charge is -2.16. The van der Waals surface area contributed by atoms with E-state index in [-0.39, 0.29) is 0 Å². The molecule has 0 spiro atoms. The number of hydrogen-bond donors (Lipinski definition) is 0. The summed E-state index contributed by atoms with van der Waals surface area (Å²) in [6.45, 7) is 0. The van der Waals surface area contributed by atoms with Crippen LogP contribution in [-0.4, -0.2) is 19.1 Å². The molecule has 8 aromatic carbocycles. The fourth-order valence-electron chi connectivity index (χ4n) is 8.33. The summed E-state index contributed by atoms with van der Waals surface area (Å²) < 4.78 is 4.75. The molecule has 0 aliphatic rings. The quantitative estimate of drug-likeness (QED) is 0.172. The van der Waals surface area contributed by atoms with Crippen molar-refractivity contribution in [2.45, 2.75) is 0 Å². The molecule has 262 valence electrons. The zero-order valence-corrected chi connectivity index (χ0v) is 30.4. The summed E-state index contributed by atoms with van der Waals surface area (Å²) in [5.74, 6) is 0.678. The van der Waals surface area contributed by atoms with Crippen molar-refractivity contribution in [3.63, 3.8) is 0 Å². The summed E-state index contributed by atoms with van der Waals surface area (Å²) in [5.41, 5.74) is 12.7. The Labute approximate surface area is 324 Å². The lowest BCUT2D eigenvalue weighted by Crippen LogP contribution is -2.00. The van der Waals surface area contributed by atoms with Crippen molar-refractivity contribution in [2.24, 2.45) is 0 Å². The molecule has 3 heterocycles. The molecule has 0 aliphatic heterocycles. The van der Waals surface area contributed by atoms with E-state index < -0.39 is 0 Å². The monoisotopic (exact) mass is 714 g/mol. The van der Waals surface area contributed by atoms with Crippen molar-refractivity contribution in [1.82, 2.24) is 19.1 Å². The zero-order valence-electron chi connectivity index (χ0n) is 30.4. The highest BCUT2D eigenvalue weighted by Gasteiger charge is 2.20. The first kappa shape index (κ1) is 31.9. The molecule has 0 fully saturated rings. The third-order valence-corrected chi connectivity index (χ3v) is 10.9. The molecule has 4 nitrogen and oxygen atoms in total. The van der Waals surface area contributed by atoms with E-state index in [1.54, 1.807) is 0 Å². The fraction of sp³-hybridized carbons (Fsp3) is 0. The molecule has 56 heavy (non-hydrogen) atoms. The Morgan fingerprint density at radius 3 is 1.64 bits per heavy atom. The molecule has 0 atom stereocenters. The number of aromatic nitrogens is 4. The standard InChI is InChI=1S/C52H34N4/c1-5-15-35(16-6-1)39-31-40(52-53-46(36-17-7-2-8-18-36)34-47(54-52)37-19-9-3-10-20-37)33-42(32-39)56-49-24-14-13-23-43(49)44-27-25-38-26-28-48-45(50(38)51(44)56)29-30-55(48)41-21-11-4-12-22-41/h1-34H. The van der Waals surface area contributed by atoms with E-state index in [0.29, 0.717) is 5.82 Å². The van der Waals surface area contributed by atoms with Crippen LogP contribution in [0.3, 0.4) is 0 Å². The number of nitrogens with zero attached hydrogens (tertiary/aromatic N) is 4. The van der Waals surface area contributed by atoms with Crippen LogP contribution in [0.4, 0.5) is 0 Å². The maximum atomic E-state index is 5.28. The second-order valence-corrected chi connectivity index (χ2v) is 14.3. The molecule has 11 rings (SSSR count). The second-order valence-electron chi connectivity index (χ2n) is 14.3. The lowest BCUT2D eigenvalue weighted by atomic mass is 10.00. The third-order valence-electron chi connectivity index (χ3n) is 10.9. The van der Waals surface area contributed by atoms with Crippen molar-refractivity contribution in [1.29, 1.82) is 0 Å². The van der Waals surface area contributed by atoms with Gasteiger partial charge in [0.05, 0.1) is 27.9 Å². The van der Waals surface area contributed by atoms with E-state index in [2.05, 4.69) is 203 Å². The van der Waals surface area contributed by atoms with Gasteiger partial charge in [-0.05, 0) is 71.1 Å². The maximum Gasteiger partial charge on any atom is 0.160 e. The van der Waals surface area contributed by atoms with Crippen LogP contribution in [0.1, 0.15) is 0 Å². The summed E-state index contributed by atoms with van der Waals surface area (Å²) in [7, 11) is 0. The molecule has 0 radical (unpaired) electrons. The van der Waals surface area contributed by atoms with Gasteiger partial charge in [-0.25, -0.2) is 9.97 Å². The van der Waals surface area contributed by atoms with Gasteiger partial charge in [-0.15, -0.1) is 0 Å². The van der Waals surface area contributed by atoms with Crippen molar-refractivity contribution < 1.29 is 0 Å². The summed E-state index contributed by atoms with van der Waals surface area (Å²) >= 11 is 0. The molecule has 0 bridgehead atoms. The summed E-state index contributed by atoms with van der Waals surface area (Å²) in [6.07, 6.45) is 2.20. The van der Waals surface area contributed by atoms with Crippen LogP contribution in [0, 0.1) is 0 Å². The minimum absolute atomic E-state index is 0.678. The van der Waals surface area contributed by atoms with Crippen LogP contribution in [0.25, 0.3) is 99.9 Å². The molecule has 3 aromatic heterocycles. The van der Waals surface area contributed by atoms with E-state index >= 15 is 0 Å². The number of hydrogen-bond acceptors (Lipinski definition) is 2. The van der Waals surface area contributed by atoms with Gasteiger partial charge in [-0.3, -0.25) is 0 Å². The Kier molecular flexibility index (Phi) is 7.46. The first-order chi connectivity index (χ1) is 27.8. The van der Waals surface area contributed by atoms with E-state index in [1.807, 2.05) is 12.1 Å². The average Bonchev–Trinajstić information content (AvgIpc) is 3.87. The number of fused-ring (bicyclic) bond motifs is 7. The van der Waals surface area contributed by atoms with Gasteiger partial charge in [-0.2, -0.15) is 0 Å². The van der Waals surface area contributed by atoms with Gasteiger partial charge in [-0.1, -0.05) is 146 Å². The number of rotatable bonds is 6. The van der Waals surface area contributed by atoms with E-state index in [4.69, 9.17) is 9.97 Å². The Hall–Kier alpha value is -7.56. The van der Waals surface area contributed by atoms with Gasteiger partial charge in [0.2, 0.25) is 0 Å². The Balaban J connectivity index is 1.23. The average molecular weight is 715 g/mol. The topological polar surface area (TPSA) is 35.6 Å². The lowest BCUT2D eigenvalue weighted by molar-refractivity contribution is 1.13. The van der Waals surface area contributed by atoms with Gasteiger partial charge in [0, 0.05) is 55.8 Å². The highest BCUT2D eigenvalue weighted by atomic mass is 15.0. The molecule has 0 unspecified atom stereocenters. The van der Waals surface area contributed by atoms with Crippen molar-refractivity contribution in [3.05, 3.63) is 206 Å². The molecule has 0 amide bonds. The second kappa shape index (κ2) is 13.1. The van der Waals surface area contributed by atoms with Gasteiger partial charge < -0.3 is 9.13 Å².